The van der Waals surface area contributed by atoms with Crippen molar-refractivity contribution in [3.8, 4) is 5.75 Å². The van der Waals surface area contributed by atoms with E-state index in [1.54, 1.807) is 6.07 Å². The summed E-state index contributed by atoms with van der Waals surface area (Å²) in [4.78, 5) is 0. The van der Waals surface area contributed by atoms with E-state index in [1.807, 2.05) is 19.1 Å². The molecule has 1 aromatic carbocycles. The zero-order valence-electron chi connectivity index (χ0n) is 8.25. The second kappa shape index (κ2) is 4.28. The van der Waals surface area contributed by atoms with Crippen molar-refractivity contribution in [2.24, 2.45) is 5.73 Å². The molecule has 0 saturated carbocycles. The summed E-state index contributed by atoms with van der Waals surface area (Å²) in [6.07, 6.45) is 2.07. The molecule has 0 aliphatic carbocycles. The highest BCUT2D eigenvalue weighted by Gasteiger charge is 2.05. The lowest BCUT2D eigenvalue weighted by atomic mass is 10.0. The molecular formula is C11H17NO. The Balaban J connectivity index is 2.84. The summed E-state index contributed by atoms with van der Waals surface area (Å²) in [6.45, 7) is 4.00. The van der Waals surface area contributed by atoms with Crippen LogP contribution >= 0.6 is 0 Å². The Bertz CT molecular complexity index is 283. The molecular weight excluding hydrogens is 162 g/mol. The quantitative estimate of drug-likeness (QED) is 0.748. The highest BCUT2D eigenvalue weighted by atomic mass is 16.3. The van der Waals surface area contributed by atoms with E-state index in [-0.39, 0.29) is 6.04 Å². The number of hydrogen-bond acceptors (Lipinski definition) is 2. The fraction of sp³-hybridized carbons (Fsp3) is 0.455. The number of benzene rings is 1. The van der Waals surface area contributed by atoms with Crippen LogP contribution in [0, 0.1) is 6.92 Å². The Morgan fingerprint density at radius 2 is 2.15 bits per heavy atom. The first kappa shape index (κ1) is 10.1. The molecule has 0 aromatic heterocycles. The number of hydrogen-bond donors (Lipinski definition) is 2. The van der Waals surface area contributed by atoms with E-state index in [9.17, 15) is 5.11 Å². The summed E-state index contributed by atoms with van der Waals surface area (Å²) in [5.74, 6) is 0.340. The molecule has 13 heavy (non-hydrogen) atoms. The monoisotopic (exact) mass is 179 g/mol. The van der Waals surface area contributed by atoms with E-state index < -0.39 is 0 Å². The van der Waals surface area contributed by atoms with Crippen molar-refractivity contribution in [2.75, 3.05) is 0 Å². The molecule has 0 amide bonds. The normalized spacial score (nSPS) is 12.8. The van der Waals surface area contributed by atoms with Gasteiger partial charge in [-0.3, -0.25) is 0 Å². The first-order chi connectivity index (χ1) is 6.15. The Morgan fingerprint density at radius 3 is 2.69 bits per heavy atom. The lowest BCUT2D eigenvalue weighted by molar-refractivity contribution is 0.470. The lowest BCUT2D eigenvalue weighted by Crippen LogP contribution is -2.09. The van der Waals surface area contributed by atoms with Gasteiger partial charge in [0.2, 0.25) is 0 Å². The van der Waals surface area contributed by atoms with Gasteiger partial charge in [0.15, 0.2) is 0 Å². The molecule has 0 saturated heterocycles. The molecule has 72 valence electrons. The molecule has 1 aromatic rings. The molecule has 0 heterocycles. The van der Waals surface area contributed by atoms with Gasteiger partial charge in [-0.2, -0.15) is 0 Å². The fourth-order valence-corrected chi connectivity index (χ4v) is 1.39. The number of rotatable bonds is 3. The van der Waals surface area contributed by atoms with Gasteiger partial charge in [-0.25, -0.2) is 0 Å². The van der Waals surface area contributed by atoms with Crippen molar-refractivity contribution in [3.05, 3.63) is 29.3 Å². The molecule has 0 spiro atoms. The fourth-order valence-electron chi connectivity index (χ4n) is 1.39. The minimum absolute atomic E-state index is 0.101. The number of phenolic OH excluding ortho intramolecular Hbond substituents is 1. The average Bonchev–Trinajstić information content (AvgIpc) is 2.10. The zero-order chi connectivity index (χ0) is 9.84. The van der Waals surface area contributed by atoms with Crippen LogP contribution < -0.4 is 5.73 Å². The second-order valence-corrected chi connectivity index (χ2v) is 3.44. The van der Waals surface area contributed by atoms with Crippen LogP contribution in [0.2, 0.25) is 0 Å². The Hall–Kier alpha value is -1.02. The third-order valence-electron chi connectivity index (χ3n) is 2.25. The zero-order valence-corrected chi connectivity index (χ0v) is 8.25. The van der Waals surface area contributed by atoms with E-state index in [2.05, 4.69) is 6.92 Å². The molecule has 0 radical (unpaired) electrons. The van der Waals surface area contributed by atoms with Crippen molar-refractivity contribution in [3.63, 3.8) is 0 Å². The number of nitrogens with two attached hydrogens (primary N) is 1. The van der Waals surface area contributed by atoms with E-state index in [1.165, 1.54) is 0 Å². The van der Waals surface area contributed by atoms with Gasteiger partial charge in [-0.05, 0) is 30.5 Å². The van der Waals surface area contributed by atoms with E-state index in [0.29, 0.717) is 5.75 Å². The summed E-state index contributed by atoms with van der Waals surface area (Å²) < 4.78 is 0. The summed E-state index contributed by atoms with van der Waals surface area (Å²) in [6, 6.07) is 5.66. The Kier molecular flexibility index (Phi) is 3.32. The van der Waals surface area contributed by atoms with Crippen molar-refractivity contribution in [1.82, 2.24) is 0 Å². The summed E-state index contributed by atoms with van der Waals surface area (Å²) in [5.41, 5.74) is 7.94. The maximum Gasteiger partial charge on any atom is 0.118 e. The predicted octanol–water partition coefficient (Wildman–Crippen LogP) is 2.50. The lowest BCUT2D eigenvalue weighted by Gasteiger charge is -2.11. The predicted molar refractivity (Wildman–Crippen MR) is 54.7 cm³/mol. The molecule has 0 aliphatic rings. The second-order valence-electron chi connectivity index (χ2n) is 3.44. The SMILES string of the molecule is CCCC(N)c1ccc(O)c(C)c1. The van der Waals surface area contributed by atoms with Gasteiger partial charge in [-0.1, -0.05) is 25.5 Å². The van der Waals surface area contributed by atoms with Gasteiger partial charge in [0, 0.05) is 6.04 Å². The Labute approximate surface area is 79.4 Å². The molecule has 0 aliphatic heterocycles. The molecule has 0 bridgehead atoms. The van der Waals surface area contributed by atoms with E-state index in [4.69, 9.17) is 5.73 Å². The maximum atomic E-state index is 9.31. The van der Waals surface area contributed by atoms with Crippen molar-refractivity contribution >= 4 is 0 Å². The first-order valence-electron chi connectivity index (χ1n) is 4.70. The van der Waals surface area contributed by atoms with Crippen LogP contribution in [0.1, 0.15) is 36.9 Å². The number of phenols is 1. The van der Waals surface area contributed by atoms with Gasteiger partial charge in [-0.15, -0.1) is 0 Å². The van der Waals surface area contributed by atoms with Gasteiger partial charge >= 0.3 is 0 Å². The van der Waals surface area contributed by atoms with E-state index >= 15 is 0 Å². The first-order valence-corrected chi connectivity index (χ1v) is 4.70. The standard InChI is InChI=1S/C11H17NO/c1-3-4-10(12)9-5-6-11(13)8(2)7-9/h5-7,10,13H,3-4,12H2,1-2H3. The van der Waals surface area contributed by atoms with Crippen LogP contribution in [0.25, 0.3) is 0 Å². The van der Waals surface area contributed by atoms with Crippen LogP contribution in [0.15, 0.2) is 18.2 Å². The van der Waals surface area contributed by atoms with Crippen LogP contribution in [0.5, 0.6) is 5.75 Å². The van der Waals surface area contributed by atoms with Crippen LogP contribution in [0.4, 0.5) is 0 Å². The van der Waals surface area contributed by atoms with Crippen LogP contribution in [0.3, 0.4) is 0 Å². The van der Waals surface area contributed by atoms with Gasteiger partial charge in [0.1, 0.15) is 5.75 Å². The summed E-state index contributed by atoms with van der Waals surface area (Å²) in [7, 11) is 0. The molecule has 1 rings (SSSR count). The highest BCUT2D eigenvalue weighted by Crippen LogP contribution is 2.22. The van der Waals surface area contributed by atoms with Crippen molar-refractivity contribution < 1.29 is 5.11 Å². The van der Waals surface area contributed by atoms with Gasteiger partial charge in [0.05, 0.1) is 0 Å². The van der Waals surface area contributed by atoms with Crippen LogP contribution in [-0.2, 0) is 0 Å². The largest absolute Gasteiger partial charge is 0.508 e. The van der Waals surface area contributed by atoms with E-state index in [0.717, 1.165) is 24.0 Å². The Morgan fingerprint density at radius 1 is 1.46 bits per heavy atom. The summed E-state index contributed by atoms with van der Waals surface area (Å²) in [5, 5.41) is 9.31. The van der Waals surface area contributed by atoms with Gasteiger partial charge in [0.25, 0.3) is 0 Å². The molecule has 0 fully saturated rings. The summed E-state index contributed by atoms with van der Waals surface area (Å²) >= 11 is 0. The molecule has 1 unspecified atom stereocenters. The highest BCUT2D eigenvalue weighted by molar-refractivity contribution is 5.36. The van der Waals surface area contributed by atoms with Crippen molar-refractivity contribution in [2.45, 2.75) is 32.7 Å². The average molecular weight is 179 g/mol. The molecule has 1 atom stereocenters. The van der Waals surface area contributed by atoms with Crippen LogP contribution in [-0.4, -0.2) is 5.11 Å². The van der Waals surface area contributed by atoms with Crippen molar-refractivity contribution in [1.29, 1.82) is 0 Å². The molecule has 2 heteroatoms. The topological polar surface area (TPSA) is 46.2 Å². The number of aryl methyl sites for hydroxylation is 1. The smallest absolute Gasteiger partial charge is 0.118 e. The third-order valence-corrected chi connectivity index (χ3v) is 2.25. The minimum atomic E-state index is 0.101. The number of aromatic hydroxyl groups is 1. The molecule has 3 N–H and O–H groups in total. The minimum Gasteiger partial charge on any atom is -0.508 e. The molecule has 2 nitrogen and oxygen atoms in total. The maximum absolute atomic E-state index is 9.31. The van der Waals surface area contributed by atoms with Gasteiger partial charge < -0.3 is 10.8 Å². The third kappa shape index (κ3) is 2.46.